The maximum absolute atomic E-state index is 5.16. The molecule has 0 N–H and O–H groups in total. The number of pyridine rings is 6. The lowest BCUT2D eigenvalue weighted by atomic mass is 9.99. The van der Waals surface area contributed by atoms with Crippen molar-refractivity contribution in [3.05, 3.63) is 455 Å². The van der Waals surface area contributed by atoms with Crippen LogP contribution >= 0.6 is 0 Å². The second-order valence-electron chi connectivity index (χ2n) is 30.8. The third-order valence-corrected chi connectivity index (χ3v) is 22.7. The Labute approximate surface area is 734 Å². The van der Waals surface area contributed by atoms with Crippen LogP contribution in [0.1, 0.15) is 0 Å². The molecule has 0 amide bonds. The van der Waals surface area contributed by atoms with Gasteiger partial charge in [0, 0.05) is 79.4 Å². The summed E-state index contributed by atoms with van der Waals surface area (Å²) < 4.78 is 2.28. The molecule has 0 aliphatic rings. The van der Waals surface area contributed by atoms with E-state index in [1.54, 1.807) is 0 Å². The van der Waals surface area contributed by atoms with E-state index in [1.807, 2.05) is 189 Å². The molecule has 0 spiro atoms. The number of rotatable bonds is 18. The minimum atomic E-state index is 0.630. The highest BCUT2D eigenvalue weighted by atomic mass is 15.0. The SMILES string of the molecule is c1ccc(-c2cc(-c3ccc(-c4ccc(-c5ccc(-c6nc(-c7ccccc7)nc(-c7ccccc7)n6)cc5)cc4)cn3)nc(-c3ccc(-n4c5ccccc5c5ccccc54)cn3)c2)cc1.c1ccc(-c2ccc(-c3cc(-c4ccccc4)cc(-c4ccc(-c5ccc(-c6ccc(-c7nc(-c8ccccc8)nc(-c8ccccc8)n7)cc6)cc5)cn4)n3)nc2)cc1. The van der Waals surface area contributed by atoms with E-state index in [1.165, 1.54) is 10.8 Å². The first-order valence-corrected chi connectivity index (χ1v) is 42.1. The standard InChI is InChI=1S/C60H39N7.C54H36N6/c1-4-14-40(15-5-1)48-36-54(63-55(37-48)53-35-33-49(39-62-53)67-56-22-12-10-20-50(56)51-21-11-13-23-57(51)67)52-34-32-47(38-61-52)43-26-24-41(25-27-43)42-28-30-46(31-29-42)60-65-58(44-16-6-2-7-17-44)64-59(66-60)45-18-8-3-9-19-45;1-5-13-37(14-6-1)45-29-31-48(55-35-45)50-33-47(38-15-7-2-8-16-38)34-51(57-50)49-32-30-46(36-56-49)41-23-21-39(22-24-41)40-25-27-44(28-26-40)54-59-52(42-17-9-3-10-18-42)58-53(60-54)43-19-11-4-12-20-43/h1-39H;1-36H. The van der Waals surface area contributed by atoms with Gasteiger partial charge in [0.1, 0.15) is 0 Å². The van der Waals surface area contributed by atoms with Gasteiger partial charge in [-0.2, -0.15) is 0 Å². The van der Waals surface area contributed by atoms with E-state index in [9.17, 15) is 0 Å². The predicted molar refractivity (Wildman–Crippen MR) is 513 cm³/mol. The molecule has 22 rings (SSSR count). The minimum absolute atomic E-state index is 0.630. The molecule has 0 saturated heterocycles. The van der Waals surface area contributed by atoms with E-state index in [4.69, 9.17) is 59.8 Å². The van der Waals surface area contributed by atoms with Gasteiger partial charge in [0.25, 0.3) is 0 Å². The molecule has 9 heterocycles. The van der Waals surface area contributed by atoms with Gasteiger partial charge in [-0.25, -0.2) is 39.9 Å². The number of hydrogen-bond acceptors (Lipinski definition) is 12. The number of fused-ring (bicyclic) bond motifs is 3. The Balaban J connectivity index is 0.000000156. The zero-order valence-corrected chi connectivity index (χ0v) is 68.6. The van der Waals surface area contributed by atoms with Gasteiger partial charge in [0.15, 0.2) is 34.9 Å². The summed E-state index contributed by atoms with van der Waals surface area (Å²) in [7, 11) is 0. The first kappa shape index (κ1) is 76.9. The summed E-state index contributed by atoms with van der Waals surface area (Å²) in [6.07, 6.45) is 7.70. The van der Waals surface area contributed by atoms with E-state index in [2.05, 4.69) is 271 Å². The highest BCUT2D eigenvalue weighted by Crippen LogP contribution is 2.39. The molecule has 0 aliphatic heterocycles. The van der Waals surface area contributed by atoms with Gasteiger partial charge in [-0.15, -0.1) is 0 Å². The lowest BCUT2D eigenvalue weighted by Crippen LogP contribution is -2.00. The molecule has 0 fully saturated rings. The fourth-order valence-corrected chi connectivity index (χ4v) is 16.0. The molecule has 22 aromatic rings. The number of nitrogens with zero attached hydrogens (tertiary/aromatic N) is 13. The minimum Gasteiger partial charge on any atom is -0.308 e. The first-order valence-electron chi connectivity index (χ1n) is 42.1. The first-order chi connectivity index (χ1) is 62.9. The van der Waals surface area contributed by atoms with Crippen molar-refractivity contribution in [3.8, 4) is 197 Å². The fraction of sp³-hybridized carbons (Fsp3) is 0. The van der Waals surface area contributed by atoms with Crippen LogP contribution in [0.4, 0.5) is 0 Å². The van der Waals surface area contributed by atoms with Crippen LogP contribution in [0.3, 0.4) is 0 Å². The monoisotopic (exact) mass is 1630 g/mol. The Morgan fingerprint density at radius 2 is 0.331 bits per heavy atom. The van der Waals surface area contributed by atoms with E-state index in [-0.39, 0.29) is 0 Å². The van der Waals surface area contributed by atoms with Crippen LogP contribution in [0.25, 0.3) is 219 Å². The van der Waals surface area contributed by atoms with Crippen LogP contribution in [0, 0.1) is 0 Å². The average molecular weight is 1630 g/mol. The molecular weight excluding hydrogens is 1550 g/mol. The summed E-state index contributed by atoms with van der Waals surface area (Å²) in [6.45, 7) is 0. The van der Waals surface area contributed by atoms with Gasteiger partial charge in [0.2, 0.25) is 0 Å². The lowest BCUT2D eigenvalue weighted by Gasteiger charge is -2.11. The third-order valence-electron chi connectivity index (χ3n) is 22.7. The Hall–Kier alpha value is -17.4. The Bertz CT molecular complexity index is 7440. The van der Waals surface area contributed by atoms with E-state index < -0.39 is 0 Å². The predicted octanol–water partition coefficient (Wildman–Crippen LogP) is 27.5. The highest BCUT2D eigenvalue weighted by molar-refractivity contribution is 6.09. The maximum Gasteiger partial charge on any atom is 0.164 e. The zero-order valence-electron chi connectivity index (χ0n) is 68.6. The number of hydrogen-bond donors (Lipinski definition) is 0. The van der Waals surface area contributed by atoms with Crippen LogP contribution < -0.4 is 0 Å². The smallest absolute Gasteiger partial charge is 0.164 e. The molecule has 13 heteroatoms. The van der Waals surface area contributed by atoms with Crippen molar-refractivity contribution in [1.82, 2.24) is 64.4 Å². The average Bonchev–Trinajstić information content (AvgIpc) is 1.60. The van der Waals surface area contributed by atoms with Gasteiger partial charge in [0.05, 0.1) is 68.5 Å². The molecule has 0 aliphatic carbocycles. The van der Waals surface area contributed by atoms with Crippen molar-refractivity contribution in [2.24, 2.45) is 0 Å². The van der Waals surface area contributed by atoms with Crippen molar-refractivity contribution in [2.75, 3.05) is 0 Å². The third kappa shape index (κ3) is 16.6. The van der Waals surface area contributed by atoms with Gasteiger partial charge in [-0.05, 0) is 128 Å². The van der Waals surface area contributed by atoms with Crippen LogP contribution in [0.2, 0.25) is 0 Å². The number of benzene rings is 13. The van der Waals surface area contributed by atoms with Crippen molar-refractivity contribution < 1.29 is 0 Å². The van der Waals surface area contributed by atoms with Crippen molar-refractivity contribution in [1.29, 1.82) is 0 Å². The topological polar surface area (TPSA) is 160 Å². The van der Waals surface area contributed by atoms with Gasteiger partial charge < -0.3 is 4.57 Å². The van der Waals surface area contributed by atoms with Crippen molar-refractivity contribution in [3.63, 3.8) is 0 Å². The van der Waals surface area contributed by atoms with Crippen molar-refractivity contribution in [2.45, 2.75) is 0 Å². The number of para-hydroxylation sites is 2. The Morgan fingerprint density at radius 3 is 0.583 bits per heavy atom. The summed E-state index contributed by atoms with van der Waals surface area (Å²) in [5, 5.41) is 2.44. The van der Waals surface area contributed by atoms with Crippen LogP contribution in [0.5, 0.6) is 0 Å². The van der Waals surface area contributed by atoms with Gasteiger partial charge in [-0.3, -0.25) is 19.9 Å². The molecule has 13 aromatic carbocycles. The van der Waals surface area contributed by atoms with E-state index in [0.717, 1.165) is 174 Å². The Kier molecular flexibility index (Phi) is 21.2. The van der Waals surface area contributed by atoms with Crippen LogP contribution in [-0.4, -0.2) is 64.4 Å². The quantitative estimate of drug-likeness (QED) is 0.0801. The summed E-state index contributed by atoms with van der Waals surface area (Å²) in [4.78, 5) is 59.2. The van der Waals surface area contributed by atoms with Gasteiger partial charge >= 0.3 is 0 Å². The molecule has 13 nitrogen and oxygen atoms in total. The van der Waals surface area contributed by atoms with E-state index in [0.29, 0.717) is 34.9 Å². The molecule has 596 valence electrons. The maximum atomic E-state index is 5.16. The van der Waals surface area contributed by atoms with Gasteiger partial charge in [-0.1, -0.05) is 364 Å². The normalized spacial score (nSPS) is 11.1. The zero-order chi connectivity index (χ0) is 84.6. The fourth-order valence-electron chi connectivity index (χ4n) is 16.0. The van der Waals surface area contributed by atoms with Crippen LogP contribution in [0.15, 0.2) is 455 Å². The molecule has 127 heavy (non-hydrogen) atoms. The van der Waals surface area contributed by atoms with Crippen LogP contribution in [-0.2, 0) is 0 Å². The summed E-state index contributed by atoms with van der Waals surface area (Å²) in [5.74, 6) is 3.84. The molecule has 0 unspecified atom stereocenters. The Morgan fingerprint density at radius 1 is 0.134 bits per heavy atom. The molecule has 9 aromatic heterocycles. The van der Waals surface area contributed by atoms with Crippen molar-refractivity contribution >= 4 is 21.8 Å². The molecule has 0 radical (unpaired) electrons. The summed E-state index contributed by atoms with van der Waals surface area (Å²) in [5.41, 5.74) is 30.3. The summed E-state index contributed by atoms with van der Waals surface area (Å²) >= 11 is 0. The largest absolute Gasteiger partial charge is 0.308 e. The second kappa shape index (κ2) is 35.0. The molecule has 0 atom stereocenters. The lowest BCUT2D eigenvalue weighted by molar-refractivity contribution is 1.07. The molecular formula is C114H75N13. The summed E-state index contributed by atoms with van der Waals surface area (Å²) in [6, 6.07) is 147. The highest BCUT2D eigenvalue weighted by Gasteiger charge is 2.20. The molecule has 0 bridgehead atoms. The van der Waals surface area contributed by atoms with E-state index >= 15 is 0 Å². The number of aromatic nitrogens is 13. The second-order valence-corrected chi connectivity index (χ2v) is 30.8. The molecule has 0 saturated carbocycles.